The van der Waals surface area contributed by atoms with E-state index in [4.69, 9.17) is 13.9 Å². The van der Waals surface area contributed by atoms with Gasteiger partial charge in [-0.15, -0.1) is 11.3 Å². The lowest BCUT2D eigenvalue weighted by Crippen LogP contribution is -2.48. The van der Waals surface area contributed by atoms with Gasteiger partial charge in [0.2, 0.25) is 5.91 Å². The maximum atomic E-state index is 13.4. The Morgan fingerprint density at radius 2 is 2.06 bits per heavy atom. The van der Waals surface area contributed by atoms with Crippen molar-refractivity contribution in [1.82, 2.24) is 9.80 Å². The summed E-state index contributed by atoms with van der Waals surface area (Å²) in [5, 5.41) is 2.01. The average Bonchev–Trinajstić information content (AvgIpc) is 3.53. The molecule has 174 valence electrons. The molecule has 1 aliphatic rings. The molecule has 0 saturated heterocycles. The van der Waals surface area contributed by atoms with Crippen LogP contribution in [0.2, 0.25) is 0 Å². The van der Waals surface area contributed by atoms with Crippen LogP contribution in [-0.2, 0) is 16.0 Å². The minimum absolute atomic E-state index is 0.102. The molecule has 0 bridgehead atoms. The fourth-order valence-electron chi connectivity index (χ4n) is 3.84. The number of furan rings is 1. The summed E-state index contributed by atoms with van der Waals surface area (Å²) in [6.45, 7) is 1.21. The number of carbonyl (C=O) groups excluding carboxylic acids is 2. The Balaban J connectivity index is 1.50. The van der Waals surface area contributed by atoms with Gasteiger partial charge in [0.25, 0.3) is 5.91 Å². The van der Waals surface area contributed by atoms with Crippen LogP contribution < -0.4 is 4.74 Å². The normalized spacial score (nSPS) is 15.2. The Bertz CT molecular complexity index is 1070. The van der Waals surface area contributed by atoms with Crippen molar-refractivity contribution < 1.29 is 27.9 Å². The summed E-state index contributed by atoms with van der Waals surface area (Å²) in [7, 11) is 1.54. The van der Waals surface area contributed by atoms with Crippen LogP contribution in [0.25, 0.3) is 0 Å². The van der Waals surface area contributed by atoms with Gasteiger partial charge in [0.05, 0.1) is 18.9 Å². The standard InChI is InChI=1S/C24H25FN2O5S/c1-30-13-11-26(24(29)21-3-2-12-31-21)15-23(28)27-10-8-22-19(9-14-33-22)20(27)16-32-18-6-4-17(25)5-7-18/h2-7,9,12,14,20H,8,10-11,13,15-16H2,1H3/t20-/m0/s1. The number of rotatable bonds is 9. The zero-order valence-corrected chi connectivity index (χ0v) is 19.1. The number of methoxy groups -OCH3 is 1. The van der Waals surface area contributed by atoms with Crippen LogP contribution in [0.1, 0.15) is 27.0 Å². The quantitative estimate of drug-likeness (QED) is 0.474. The highest BCUT2D eigenvalue weighted by molar-refractivity contribution is 7.10. The van der Waals surface area contributed by atoms with Crippen LogP contribution in [0.4, 0.5) is 4.39 Å². The maximum absolute atomic E-state index is 13.4. The molecule has 0 saturated carbocycles. The fourth-order valence-corrected chi connectivity index (χ4v) is 4.77. The molecule has 7 nitrogen and oxygen atoms in total. The number of hydrogen-bond donors (Lipinski definition) is 0. The highest BCUT2D eigenvalue weighted by atomic mass is 32.1. The fraction of sp³-hybridized carbons (Fsp3) is 0.333. The summed E-state index contributed by atoms with van der Waals surface area (Å²) in [5.74, 6) is -0.183. The third kappa shape index (κ3) is 5.43. The number of carbonyl (C=O) groups is 2. The third-order valence-corrected chi connectivity index (χ3v) is 6.54. The van der Waals surface area contributed by atoms with Crippen LogP contribution in [0.3, 0.4) is 0 Å². The minimum Gasteiger partial charge on any atom is -0.491 e. The van der Waals surface area contributed by atoms with Gasteiger partial charge in [0.1, 0.15) is 24.7 Å². The number of benzene rings is 1. The van der Waals surface area contributed by atoms with Crippen LogP contribution in [0, 0.1) is 5.82 Å². The summed E-state index contributed by atoms with van der Waals surface area (Å²) in [6.07, 6.45) is 2.17. The Morgan fingerprint density at radius 3 is 2.79 bits per heavy atom. The van der Waals surface area contributed by atoms with E-state index in [-0.39, 0.29) is 49.1 Å². The molecule has 3 aromatic rings. The van der Waals surface area contributed by atoms with Gasteiger partial charge >= 0.3 is 0 Å². The molecular weight excluding hydrogens is 447 g/mol. The second-order valence-corrected chi connectivity index (χ2v) is 8.61. The first-order chi connectivity index (χ1) is 16.1. The third-order valence-electron chi connectivity index (χ3n) is 5.55. The van der Waals surface area contributed by atoms with E-state index in [0.29, 0.717) is 18.9 Å². The highest BCUT2D eigenvalue weighted by Crippen LogP contribution is 2.34. The molecule has 0 unspecified atom stereocenters. The molecular formula is C24H25FN2O5S. The van der Waals surface area contributed by atoms with Crippen LogP contribution in [0.15, 0.2) is 58.5 Å². The van der Waals surface area contributed by atoms with Crippen LogP contribution >= 0.6 is 11.3 Å². The predicted octanol–water partition coefficient (Wildman–Crippen LogP) is 3.77. The van der Waals surface area contributed by atoms with E-state index in [0.717, 1.165) is 12.0 Å². The first kappa shape index (κ1) is 23.0. The minimum atomic E-state index is -0.363. The van der Waals surface area contributed by atoms with Gasteiger partial charge in [-0.2, -0.15) is 0 Å². The second kappa shape index (κ2) is 10.6. The van der Waals surface area contributed by atoms with Crippen molar-refractivity contribution in [2.24, 2.45) is 0 Å². The molecule has 0 radical (unpaired) electrons. The molecule has 2 amide bonds. The van der Waals surface area contributed by atoms with E-state index in [2.05, 4.69) is 0 Å². The number of halogens is 1. The van der Waals surface area contributed by atoms with Gasteiger partial charge in [0.15, 0.2) is 5.76 Å². The zero-order chi connectivity index (χ0) is 23.2. The van der Waals surface area contributed by atoms with Gasteiger partial charge in [-0.05, 0) is 59.8 Å². The SMILES string of the molecule is COCCN(CC(=O)N1CCc2sccc2[C@@H]1COc1ccc(F)cc1)C(=O)c1ccco1. The number of nitrogens with zero attached hydrogens (tertiary/aromatic N) is 2. The van der Waals surface area contributed by atoms with Crippen molar-refractivity contribution in [3.63, 3.8) is 0 Å². The van der Waals surface area contributed by atoms with E-state index < -0.39 is 0 Å². The molecule has 9 heteroatoms. The number of fused-ring (bicyclic) bond motifs is 1. The number of hydrogen-bond acceptors (Lipinski definition) is 6. The van der Waals surface area contributed by atoms with Gasteiger partial charge < -0.3 is 23.7 Å². The van der Waals surface area contributed by atoms with Crippen LogP contribution in [0.5, 0.6) is 5.75 Å². The molecule has 0 spiro atoms. The molecule has 4 rings (SSSR count). The summed E-state index contributed by atoms with van der Waals surface area (Å²) < 4.78 is 29.5. The lowest BCUT2D eigenvalue weighted by atomic mass is 10.0. The summed E-state index contributed by atoms with van der Waals surface area (Å²) >= 11 is 1.66. The van der Waals surface area contributed by atoms with Crippen molar-refractivity contribution in [3.05, 3.63) is 76.1 Å². The van der Waals surface area contributed by atoms with Crippen molar-refractivity contribution in [1.29, 1.82) is 0 Å². The maximum Gasteiger partial charge on any atom is 0.290 e. The summed E-state index contributed by atoms with van der Waals surface area (Å²) in [6, 6.07) is 10.7. The number of ether oxygens (including phenoxy) is 2. The zero-order valence-electron chi connectivity index (χ0n) is 18.2. The Kier molecular flexibility index (Phi) is 7.41. The van der Waals surface area contributed by atoms with Crippen LogP contribution in [-0.4, -0.2) is 61.6 Å². The van der Waals surface area contributed by atoms with E-state index >= 15 is 0 Å². The van der Waals surface area contributed by atoms with Gasteiger partial charge in [-0.1, -0.05) is 0 Å². The van der Waals surface area contributed by atoms with Crippen molar-refractivity contribution in [2.45, 2.75) is 12.5 Å². The van der Waals surface area contributed by atoms with E-state index in [1.165, 1.54) is 28.2 Å². The van der Waals surface area contributed by atoms with Gasteiger partial charge in [-0.3, -0.25) is 9.59 Å². The highest BCUT2D eigenvalue weighted by Gasteiger charge is 2.34. The van der Waals surface area contributed by atoms with E-state index in [9.17, 15) is 14.0 Å². The molecule has 3 heterocycles. The molecule has 0 fully saturated rings. The lowest BCUT2D eigenvalue weighted by molar-refractivity contribution is -0.135. The average molecular weight is 473 g/mol. The Labute approximate surface area is 195 Å². The number of amides is 2. The van der Waals surface area contributed by atoms with E-state index in [1.54, 1.807) is 47.6 Å². The molecule has 1 atom stereocenters. The molecule has 2 aromatic heterocycles. The molecule has 1 aliphatic heterocycles. The summed E-state index contributed by atoms with van der Waals surface area (Å²) in [4.78, 5) is 30.7. The van der Waals surface area contributed by atoms with Crippen molar-refractivity contribution in [3.8, 4) is 5.75 Å². The molecule has 33 heavy (non-hydrogen) atoms. The molecule has 0 N–H and O–H groups in total. The lowest BCUT2D eigenvalue weighted by Gasteiger charge is -2.37. The Morgan fingerprint density at radius 1 is 1.24 bits per heavy atom. The predicted molar refractivity (Wildman–Crippen MR) is 121 cm³/mol. The van der Waals surface area contributed by atoms with E-state index in [1.807, 2.05) is 11.4 Å². The first-order valence-corrected chi connectivity index (χ1v) is 11.5. The summed E-state index contributed by atoms with van der Waals surface area (Å²) in [5.41, 5.74) is 1.04. The van der Waals surface area contributed by atoms with Crippen molar-refractivity contribution >= 4 is 23.2 Å². The Hall–Kier alpha value is -3.17. The molecule has 1 aromatic carbocycles. The monoisotopic (exact) mass is 472 g/mol. The van der Waals surface area contributed by atoms with Gasteiger partial charge in [0, 0.05) is 25.1 Å². The number of thiophene rings is 1. The topological polar surface area (TPSA) is 72.2 Å². The first-order valence-electron chi connectivity index (χ1n) is 10.6. The van der Waals surface area contributed by atoms with Gasteiger partial charge in [-0.25, -0.2) is 4.39 Å². The molecule has 0 aliphatic carbocycles. The largest absolute Gasteiger partial charge is 0.491 e. The second-order valence-electron chi connectivity index (χ2n) is 7.61. The smallest absolute Gasteiger partial charge is 0.290 e. The van der Waals surface area contributed by atoms with Crippen molar-refractivity contribution in [2.75, 3.05) is 40.0 Å².